The van der Waals surface area contributed by atoms with E-state index in [0.717, 1.165) is 0 Å². The summed E-state index contributed by atoms with van der Waals surface area (Å²) in [7, 11) is -3.19. The molecule has 0 aliphatic carbocycles. The summed E-state index contributed by atoms with van der Waals surface area (Å²) in [6.07, 6.45) is -5.37. The molecule has 3 nitrogen and oxygen atoms in total. The van der Waals surface area contributed by atoms with Gasteiger partial charge in [0.25, 0.3) is 0 Å². The van der Waals surface area contributed by atoms with Crippen LogP contribution in [0.4, 0.5) is 13.2 Å². The van der Waals surface area contributed by atoms with Crippen molar-refractivity contribution in [2.75, 3.05) is 13.2 Å². The molecule has 104 valence electrons. The quantitative estimate of drug-likeness (QED) is 0.635. The largest absolute Gasteiger partial charge is 0.501 e. The highest BCUT2D eigenvalue weighted by atomic mass is 28.4. The third-order valence-corrected chi connectivity index (χ3v) is 5.01. The van der Waals surface area contributed by atoms with Crippen molar-refractivity contribution in [3.63, 3.8) is 0 Å². The maximum absolute atomic E-state index is 12.3. The molecular formula is C10H21F3O3Si. The average Bonchev–Trinajstić information content (AvgIpc) is 2.13. The molecule has 0 unspecified atom stereocenters. The fourth-order valence-electron chi connectivity index (χ4n) is 1.41. The molecule has 0 aromatic heterocycles. The van der Waals surface area contributed by atoms with Gasteiger partial charge in [0.05, 0.1) is 0 Å². The molecule has 7 heteroatoms. The summed E-state index contributed by atoms with van der Waals surface area (Å²) in [4.78, 5) is 0. The van der Waals surface area contributed by atoms with Gasteiger partial charge in [0.1, 0.15) is 0 Å². The molecule has 0 spiro atoms. The Morgan fingerprint density at radius 2 is 1.53 bits per heavy atom. The Balaban J connectivity index is 4.63. The summed E-state index contributed by atoms with van der Waals surface area (Å²) in [5.74, 6) is 0. The molecular weight excluding hydrogens is 253 g/mol. The van der Waals surface area contributed by atoms with Gasteiger partial charge in [0, 0.05) is 31.8 Å². The van der Waals surface area contributed by atoms with E-state index < -0.39 is 21.4 Å². The zero-order valence-corrected chi connectivity index (χ0v) is 11.8. The first-order chi connectivity index (χ1) is 7.74. The predicted octanol–water partition coefficient (Wildman–Crippen LogP) is 3.38. The van der Waals surface area contributed by atoms with Gasteiger partial charge in [-0.1, -0.05) is 0 Å². The molecule has 0 aliphatic rings. The minimum atomic E-state index is -4.22. The van der Waals surface area contributed by atoms with Gasteiger partial charge in [0.15, 0.2) is 0 Å². The summed E-state index contributed by atoms with van der Waals surface area (Å²) >= 11 is 0. The smallest absolute Gasteiger partial charge is 0.374 e. The number of rotatable bonds is 8. The number of alkyl halides is 3. The first-order valence-electron chi connectivity index (χ1n) is 5.77. The van der Waals surface area contributed by atoms with E-state index in [1.807, 2.05) is 0 Å². The molecule has 0 rings (SSSR count). The van der Waals surface area contributed by atoms with Crippen LogP contribution < -0.4 is 0 Å². The second kappa shape index (κ2) is 7.35. The normalized spacial score (nSPS) is 13.4. The van der Waals surface area contributed by atoms with E-state index in [9.17, 15) is 13.2 Å². The molecule has 0 N–H and O–H groups in total. The fourth-order valence-corrected chi connectivity index (χ4v) is 4.22. The molecule has 0 aromatic rings. The van der Waals surface area contributed by atoms with E-state index in [2.05, 4.69) is 0 Å². The second-order valence-corrected chi connectivity index (χ2v) is 6.51. The van der Waals surface area contributed by atoms with E-state index in [1.54, 1.807) is 27.7 Å². The zero-order valence-electron chi connectivity index (χ0n) is 10.8. The highest BCUT2D eigenvalue weighted by Gasteiger charge is 2.45. The predicted molar refractivity (Wildman–Crippen MR) is 60.7 cm³/mol. The van der Waals surface area contributed by atoms with Gasteiger partial charge in [-0.25, -0.2) is 0 Å². The van der Waals surface area contributed by atoms with E-state index in [1.165, 1.54) is 0 Å². The summed E-state index contributed by atoms with van der Waals surface area (Å²) < 4.78 is 53.0. The Hall–Kier alpha value is -0.113. The lowest BCUT2D eigenvalue weighted by Crippen LogP contribution is -2.48. The van der Waals surface area contributed by atoms with Crippen LogP contribution >= 0.6 is 0 Å². The van der Waals surface area contributed by atoms with E-state index in [4.69, 9.17) is 13.3 Å². The molecule has 0 heterocycles. The average molecular weight is 274 g/mol. The van der Waals surface area contributed by atoms with Gasteiger partial charge >= 0.3 is 15.0 Å². The topological polar surface area (TPSA) is 27.7 Å². The molecule has 0 fully saturated rings. The van der Waals surface area contributed by atoms with Crippen LogP contribution in [0.15, 0.2) is 0 Å². The third-order valence-electron chi connectivity index (χ3n) is 1.86. The minimum absolute atomic E-state index is 0.215. The monoisotopic (exact) mass is 274 g/mol. The highest BCUT2D eigenvalue weighted by molar-refractivity contribution is 6.60. The van der Waals surface area contributed by atoms with Crippen LogP contribution in [0, 0.1) is 0 Å². The van der Waals surface area contributed by atoms with Crippen molar-refractivity contribution in [3.8, 4) is 0 Å². The fraction of sp³-hybridized carbons (Fsp3) is 1.00. The van der Waals surface area contributed by atoms with Gasteiger partial charge in [-0.2, -0.15) is 13.2 Å². The van der Waals surface area contributed by atoms with Crippen LogP contribution in [0.3, 0.4) is 0 Å². The molecule has 0 aliphatic heterocycles. The standard InChI is InChI=1S/C10H21F3O3Si/c1-5-14-17(15-6-2,16-9(3)4)8-7-10(11,12)13/h9H,5-8H2,1-4H3. The first-order valence-corrected chi connectivity index (χ1v) is 7.70. The maximum Gasteiger partial charge on any atom is 0.501 e. The van der Waals surface area contributed by atoms with Crippen molar-refractivity contribution in [2.45, 2.75) is 52.4 Å². The molecule has 0 amide bonds. The number of hydrogen-bond donors (Lipinski definition) is 0. The van der Waals surface area contributed by atoms with E-state index in [0.29, 0.717) is 0 Å². The van der Waals surface area contributed by atoms with Crippen LogP contribution in [0.5, 0.6) is 0 Å². The van der Waals surface area contributed by atoms with Crippen LogP contribution in [-0.4, -0.2) is 34.3 Å². The lowest BCUT2D eigenvalue weighted by molar-refractivity contribution is -0.133. The Kier molecular flexibility index (Phi) is 7.30. The van der Waals surface area contributed by atoms with Crippen LogP contribution in [0.25, 0.3) is 0 Å². The van der Waals surface area contributed by atoms with Crippen LogP contribution in [-0.2, 0) is 13.3 Å². The van der Waals surface area contributed by atoms with Crippen molar-refractivity contribution in [1.29, 1.82) is 0 Å². The summed E-state index contributed by atoms with van der Waals surface area (Å²) in [5.41, 5.74) is 0. The van der Waals surface area contributed by atoms with E-state index in [-0.39, 0.29) is 25.4 Å². The van der Waals surface area contributed by atoms with Crippen molar-refractivity contribution < 1.29 is 26.4 Å². The Morgan fingerprint density at radius 3 is 1.82 bits per heavy atom. The molecule has 0 saturated heterocycles. The molecule has 17 heavy (non-hydrogen) atoms. The Labute approximate surface area is 102 Å². The van der Waals surface area contributed by atoms with Gasteiger partial charge in [-0.15, -0.1) is 0 Å². The van der Waals surface area contributed by atoms with Crippen molar-refractivity contribution in [3.05, 3.63) is 0 Å². The molecule has 0 aromatic carbocycles. The second-order valence-electron chi connectivity index (χ2n) is 3.83. The SMILES string of the molecule is CCO[Si](CCC(F)(F)F)(OCC)OC(C)C. The van der Waals surface area contributed by atoms with Crippen LogP contribution in [0.1, 0.15) is 34.1 Å². The van der Waals surface area contributed by atoms with E-state index >= 15 is 0 Å². The number of halogens is 3. The summed E-state index contributed by atoms with van der Waals surface area (Å²) in [6.45, 7) is 7.53. The van der Waals surface area contributed by atoms with Crippen molar-refractivity contribution >= 4 is 8.80 Å². The summed E-state index contributed by atoms with van der Waals surface area (Å²) in [5, 5.41) is 0. The molecule has 0 atom stereocenters. The molecule has 0 radical (unpaired) electrons. The zero-order chi connectivity index (χ0) is 13.5. The highest BCUT2D eigenvalue weighted by Crippen LogP contribution is 2.28. The van der Waals surface area contributed by atoms with Crippen LogP contribution in [0.2, 0.25) is 6.04 Å². The minimum Gasteiger partial charge on any atom is -0.374 e. The van der Waals surface area contributed by atoms with Crippen molar-refractivity contribution in [1.82, 2.24) is 0 Å². The van der Waals surface area contributed by atoms with Gasteiger partial charge < -0.3 is 13.3 Å². The number of hydrogen-bond acceptors (Lipinski definition) is 3. The third kappa shape index (κ3) is 7.75. The Morgan fingerprint density at radius 1 is 1.06 bits per heavy atom. The molecule has 0 saturated carbocycles. The van der Waals surface area contributed by atoms with Crippen molar-refractivity contribution in [2.24, 2.45) is 0 Å². The molecule has 0 bridgehead atoms. The van der Waals surface area contributed by atoms with Gasteiger partial charge in [0.2, 0.25) is 0 Å². The first kappa shape index (κ1) is 16.9. The Bertz CT molecular complexity index is 203. The summed E-state index contributed by atoms with van der Waals surface area (Å²) in [6, 6.07) is -0.226. The lowest BCUT2D eigenvalue weighted by Gasteiger charge is -2.31. The van der Waals surface area contributed by atoms with Gasteiger partial charge in [-0.05, 0) is 27.7 Å². The maximum atomic E-state index is 12.3. The lowest BCUT2D eigenvalue weighted by atomic mass is 10.5. The van der Waals surface area contributed by atoms with Gasteiger partial charge in [-0.3, -0.25) is 0 Å².